The highest BCUT2D eigenvalue weighted by molar-refractivity contribution is 5.79. The third-order valence-electron chi connectivity index (χ3n) is 4.83. The summed E-state index contributed by atoms with van der Waals surface area (Å²) in [4.78, 5) is 11.3. The zero-order chi connectivity index (χ0) is 19.8. The highest BCUT2D eigenvalue weighted by Crippen LogP contribution is 2.26. The van der Waals surface area contributed by atoms with Gasteiger partial charge in [-0.1, -0.05) is 17.3 Å². The van der Waals surface area contributed by atoms with E-state index in [1.54, 1.807) is 14.0 Å². The summed E-state index contributed by atoms with van der Waals surface area (Å²) in [6, 6.07) is 8.62. The van der Waals surface area contributed by atoms with Gasteiger partial charge in [0.2, 0.25) is 5.89 Å². The molecule has 8 nitrogen and oxygen atoms in total. The lowest BCUT2D eigenvalue weighted by Gasteiger charge is -2.29. The van der Waals surface area contributed by atoms with Crippen LogP contribution in [0.3, 0.4) is 0 Å². The van der Waals surface area contributed by atoms with Gasteiger partial charge in [0.25, 0.3) is 0 Å². The Balaban J connectivity index is 1.68. The third kappa shape index (κ3) is 5.45. The zero-order valence-electron chi connectivity index (χ0n) is 16.9. The molecule has 3 rings (SSSR count). The maximum atomic E-state index is 5.30. The number of ether oxygens (including phenoxy) is 1. The van der Waals surface area contributed by atoms with Gasteiger partial charge in [0.15, 0.2) is 11.8 Å². The number of nitrogens with zero attached hydrogens (tertiary/aromatic N) is 4. The Bertz CT molecular complexity index is 752. The Morgan fingerprint density at radius 2 is 2.00 bits per heavy atom. The van der Waals surface area contributed by atoms with E-state index in [1.807, 2.05) is 12.1 Å². The van der Waals surface area contributed by atoms with Crippen LogP contribution < -0.4 is 15.4 Å². The van der Waals surface area contributed by atoms with E-state index in [4.69, 9.17) is 9.26 Å². The summed E-state index contributed by atoms with van der Waals surface area (Å²) in [7, 11) is 1.69. The molecule has 0 aliphatic carbocycles. The van der Waals surface area contributed by atoms with Crippen molar-refractivity contribution in [2.75, 3.05) is 33.3 Å². The second kappa shape index (κ2) is 10.1. The van der Waals surface area contributed by atoms with Gasteiger partial charge in [0.1, 0.15) is 12.3 Å². The Labute approximate surface area is 166 Å². The first kappa shape index (κ1) is 20.1. The maximum absolute atomic E-state index is 5.30. The van der Waals surface area contributed by atoms with Crippen molar-refractivity contribution in [1.82, 2.24) is 25.7 Å². The lowest BCUT2D eigenvalue weighted by atomic mass is 10.1. The Morgan fingerprint density at radius 3 is 2.61 bits per heavy atom. The van der Waals surface area contributed by atoms with E-state index < -0.39 is 0 Å². The maximum Gasteiger partial charge on any atom is 0.248 e. The predicted octanol–water partition coefficient (Wildman–Crippen LogP) is 2.28. The summed E-state index contributed by atoms with van der Waals surface area (Å²) < 4.78 is 10.4. The van der Waals surface area contributed by atoms with Crippen molar-refractivity contribution in [2.24, 2.45) is 4.99 Å². The van der Waals surface area contributed by atoms with Crippen molar-refractivity contribution >= 4 is 5.96 Å². The number of hydrogen-bond acceptors (Lipinski definition) is 6. The summed E-state index contributed by atoms with van der Waals surface area (Å²) in [5, 5.41) is 10.6. The molecule has 1 saturated heterocycles. The minimum atomic E-state index is 0.280. The number of aromatic nitrogens is 2. The van der Waals surface area contributed by atoms with Crippen LogP contribution in [-0.2, 0) is 6.54 Å². The molecule has 0 saturated carbocycles. The van der Waals surface area contributed by atoms with Gasteiger partial charge in [-0.2, -0.15) is 4.98 Å². The average molecular weight is 387 g/mol. The van der Waals surface area contributed by atoms with Crippen molar-refractivity contribution in [3.05, 3.63) is 41.5 Å². The molecule has 1 fully saturated rings. The van der Waals surface area contributed by atoms with Gasteiger partial charge in [0.05, 0.1) is 13.2 Å². The molecular formula is C20H30N6O2. The molecular weight excluding hydrogens is 356 g/mol. The van der Waals surface area contributed by atoms with E-state index in [9.17, 15) is 0 Å². The molecule has 1 atom stereocenters. The largest absolute Gasteiger partial charge is 0.497 e. The molecule has 1 unspecified atom stereocenters. The lowest BCUT2D eigenvalue weighted by molar-refractivity contribution is 0.245. The number of rotatable bonds is 8. The molecule has 0 amide bonds. The van der Waals surface area contributed by atoms with Crippen molar-refractivity contribution in [2.45, 2.75) is 39.3 Å². The molecule has 1 aliphatic heterocycles. The molecule has 8 heteroatoms. The van der Waals surface area contributed by atoms with Crippen LogP contribution in [0.25, 0.3) is 0 Å². The van der Waals surface area contributed by atoms with Gasteiger partial charge in [-0.15, -0.1) is 0 Å². The Kier molecular flexibility index (Phi) is 7.25. The van der Waals surface area contributed by atoms with E-state index in [1.165, 1.54) is 18.4 Å². The Morgan fingerprint density at radius 1 is 1.25 bits per heavy atom. The SMILES string of the molecule is CCNC(=NCc1nc(C)no1)NCC(c1ccc(OC)cc1)N1CCCC1. The van der Waals surface area contributed by atoms with Gasteiger partial charge in [0, 0.05) is 13.1 Å². The molecule has 1 aromatic carbocycles. The van der Waals surface area contributed by atoms with Crippen LogP contribution in [0.1, 0.15) is 43.1 Å². The van der Waals surface area contributed by atoms with Crippen LogP contribution in [-0.4, -0.2) is 54.3 Å². The number of aliphatic imine (C=N–C) groups is 1. The second-order valence-corrected chi connectivity index (χ2v) is 6.84. The highest BCUT2D eigenvalue weighted by atomic mass is 16.5. The first-order valence-corrected chi connectivity index (χ1v) is 9.89. The van der Waals surface area contributed by atoms with Gasteiger partial charge in [-0.3, -0.25) is 4.90 Å². The minimum Gasteiger partial charge on any atom is -0.497 e. The third-order valence-corrected chi connectivity index (χ3v) is 4.83. The van der Waals surface area contributed by atoms with Crippen LogP contribution in [0.2, 0.25) is 0 Å². The van der Waals surface area contributed by atoms with Gasteiger partial charge >= 0.3 is 0 Å². The monoisotopic (exact) mass is 386 g/mol. The summed E-state index contributed by atoms with van der Waals surface area (Å²) in [6.07, 6.45) is 2.49. The van der Waals surface area contributed by atoms with Gasteiger partial charge < -0.3 is 19.9 Å². The standard InChI is InChI=1S/C20H30N6O2/c1-4-21-20(23-14-19-24-15(2)25-28-19)22-13-18(26-11-5-6-12-26)16-7-9-17(27-3)10-8-16/h7-10,18H,4-6,11-14H2,1-3H3,(H2,21,22,23). The van der Waals surface area contributed by atoms with Crippen molar-refractivity contribution in [3.63, 3.8) is 0 Å². The predicted molar refractivity (Wildman–Crippen MR) is 108 cm³/mol. The lowest BCUT2D eigenvalue weighted by Crippen LogP contribution is -2.42. The van der Waals surface area contributed by atoms with Crippen LogP contribution in [0.15, 0.2) is 33.8 Å². The molecule has 0 radical (unpaired) electrons. The fraction of sp³-hybridized carbons (Fsp3) is 0.550. The molecule has 2 N–H and O–H groups in total. The number of guanidine groups is 1. The van der Waals surface area contributed by atoms with Crippen LogP contribution in [0, 0.1) is 6.92 Å². The van der Waals surface area contributed by atoms with Crippen LogP contribution >= 0.6 is 0 Å². The second-order valence-electron chi connectivity index (χ2n) is 6.84. The molecule has 2 heterocycles. The van der Waals surface area contributed by atoms with Gasteiger partial charge in [-0.25, -0.2) is 4.99 Å². The number of likely N-dealkylation sites (tertiary alicyclic amines) is 1. The molecule has 2 aromatic rings. The van der Waals surface area contributed by atoms with Gasteiger partial charge in [-0.05, 0) is 57.5 Å². The fourth-order valence-corrected chi connectivity index (χ4v) is 3.42. The molecule has 1 aromatic heterocycles. The molecule has 0 bridgehead atoms. The van der Waals surface area contributed by atoms with Crippen molar-refractivity contribution in [1.29, 1.82) is 0 Å². The van der Waals surface area contributed by atoms with Crippen molar-refractivity contribution < 1.29 is 9.26 Å². The number of methoxy groups -OCH3 is 1. The topological polar surface area (TPSA) is 87.8 Å². The van der Waals surface area contributed by atoms with Crippen LogP contribution in [0.5, 0.6) is 5.75 Å². The number of hydrogen-bond donors (Lipinski definition) is 2. The summed E-state index contributed by atoms with van der Waals surface area (Å²) >= 11 is 0. The average Bonchev–Trinajstić information content (AvgIpc) is 3.38. The highest BCUT2D eigenvalue weighted by Gasteiger charge is 2.23. The van der Waals surface area contributed by atoms with E-state index in [0.29, 0.717) is 18.3 Å². The van der Waals surface area contributed by atoms with E-state index >= 15 is 0 Å². The van der Waals surface area contributed by atoms with E-state index in [-0.39, 0.29) is 6.04 Å². The first-order chi connectivity index (χ1) is 13.7. The fourth-order valence-electron chi connectivity index (χ4n) is 3.42. The number of aryl methyl sites for hydroxylation is 1. The first-order valence-electron chi connectivity index (χ1n) is 9.89. The van der Waals surface area contributed by atoms with E-state index in [0.717, 1.165) is 37.9 Å². The molecule has 0 spiro atoms. The molecule has 28 heavy (non-hydrogen) atoms. The normalized spacial score (nSPS) is 16.2. The summed E-state index contributed by atoms with van der Waals surface area (Å²) in [5.41, 5.74) is 1.28. The molecule has 1 aliphatic rings. The quantitative estimate of drug-likeness (QED) is 0.531. The van der Waals surface area contributed by atoms with E-state index in [2.05, 4.69) is 49.7 Å². The molecule has 152 valence electrons. The smallest absolute Gasteiger partial charge is 0.248 e. The minimum absolute atomic E-state index is 0.280. The zero-order valence-corrected chi connectivity index (χ0v) is 16.9. The number of benzene rings is 1. The van der Waals surface area contributed by atoms with Crippen molar-refractivity contribution in [3.8, 4) is 5.75 Å². The van der Waals surface area contributed by atoms with Crippen LogP contribution in [0.4, 0.5) is 0 Å². The summed E-state index contributed by atoms with van der Waals surface area (Å²) in [5.74, 6) is 2.76. The number of nitrogens with one attached hydrogen (secondary N) is 2. The Hall–Kier alpha value is -2.61. The summed E-state index contributed by atoms with van der Waals surface area (Å²) in [6.45, 7) is 7.99.